The quantitative estimate of drug-likeness (QED) is 0.587. The molecule has 0 aliphatic heterocycles. The van der Waals surface area contributed by atoms with Crippen LogP contribution in [0.3, 0.4) is 0 Å². The van der Waals surface area contributed by atoms with E-state index in [0.717, 1.165) is 13.2 Å². The number of rotatable bonds is 1. The van der Waals surface area contributed by atoms with Gasteiger partial charge in [-0.25, -0.2) is 9.18 Å². The van der Waals surface area contributed by atoms with Crippen molar-refractivity contribution in [2.45, 2.75) is 6.18 Å². The van der Waals surface area contributed by atoms with E-state index in [1.54, 1.807) is 0 Å². The number of carbonyl (C=O) groups excluding carboxylic acids is 1. The van der Waals surface area contributed by atoms with Crippen LogP contribution in [0.5, 0.6) is 0 Å². The van der Waals surface area contributed by atoms with E-state index in [1.807, 2.05) is 0 Å². The average Bonchev–Trinajstić information content (AvgIpc) is 2.14. The fraction of sp³-hybridized carbons (Fsp3) is 0.222. The predicted octanol–water partition coefficient (Wildman–Crippen LogP) is 3.39. The van der Waals surface area contributed by atoms with E-state index in [4.69, 9.17) is 0 Å². The monoisotopic (exact) mass is 300 g/mol. The van der Waals surface area contributed by atoms with Crippen molar-refractivity contribution >= 4 is 21.9 Å². The zero-order chi connectivity index (χ0) is 12.5. The van der Waals surface area contributed by atoms with Crippen LogP contribution in [0.2, 0.25) is 0 Å². The van der Waals surface area contributed by atoms with Crippen molar-refractivity contribution in [2.75, 3.05) is 7.11 Å². The van der Waals surface area contributed by atoms with E-state index in [9.17, 15) is 22.4 Å². The number of alkyl halides is 3. The van der Waals surface area contributed by atoms with Gasteiger partial charge in [0.05, 0.1) is 12.7 Å². The lowest BCUT2D eigenvalue weighted by Gasteiger charge is -2.12. The first-order valence-corrected chi connectivity index (χ1v) is 4.72. The smallest absolute Gasteiger partial charge is 0.420 e. The maximum absolute atomic E-state index is 13.0. The van der Waals surface area contributed by atoms with E-state index in [-0.39, 0.29) is 5.56 Å². The minimum absolute atomic E-state index is 0.378. The van der Waals surface area contributed by atoms with Crippen LogP contribution >= 0.6 is 15.9 Å². The fourth-order valence-electron chi connectivity index (χ4n) is 1.08. The minimum Gasteiger partial charge on any atom is -0.465 e. The lowest BCUT2D eigenvalue weighted by molar-refractivity contribution is -0.140. The van der Waals surface area contributed by atoms with E-state index in [1.165, 1.54) is 0 Å². The number of hydrogen-bond donors (Lipinski definition) is 0. The molecule has 0 heterocycles. The Kier molecular flexibility index (Phi) is 3.57. The normalized spacial score (nSPS) is 11.4. The van der Waals surface area contributed by atoms with Gasteiger partial charge >= 0.3 is 12.1 Å². The van der Waals surface area contributed by atoms with Crippen LogP contribution in [0.25, 0.3) is 0 Å². The molecule has 88 valence electrons. The second kappa shape index (κ2) is 4.40. The van der Waals surface area contributed by atoms with Crippen LogP contribution in [0.1, 0.15) is 15.9 Å². The molecule has 0 saturated carbocycles. The van der Waals surface area contributed by atoms with Crippen molar-refractivity contribution in [3.63, 3.8) is 0 Å². The van der Waals surface area contributed by atoms with Crippen LogP contribution < -0.4 is 0 Å². The minimum atomic E-state index is -4.88. The summed E-state index contributed by atoms with van der Waals surface area (Å²) in [5.41, 5.74) is -1.90. The van der Waals surface area contributed by atoms with E-state index in [2.05, 4.69) is 20.7 Å². The third-order valence-electron chi connectivity index (χ3n) is 1.78. The number of carbonyl (C=O) groups is 1. The number of halogens is 5. The third-order valence-corrected chi connectivity index (χ3v) is 2.60. The van der Waals surface area contributed by atoms with Gasteiger partial charge in [0.15, 0.2) is 0 Å². The molecule has 0 atom stereocenters. The molecule has 0 spiro atoms. The summed E-state index contributed by atoms with van der Waals surface area (Å²) in [6, 6.07) is 1.49. The second-order valence-corrected chi connectivity index (χ2v) is 3.57. The van der Waals surface area contributed by atoms with Crippen molar-refractivity contribution in [3.05, 3.63) is 33.5 Å². The van der Waals surface area contributed by atoms with E-state index >= 15 is 0 Å². The Labute approximate surface area is 96.3 Å². The van der Waals surface area contributed by atoms with Gasteiger partial charge in [-0.05, 0) is 28.1 Å². The summed E-state index contributed by atoms with van der Waals surface area (Å²) in [6.45, 7) is 0. The molecule has 0 fully saturated rings. The SMILES string of the molecule is COC(=O)c1ccc(F)c(C(F)(F)F)c1Br. The van der Waals surface area contributed by atoms with Gasteiger partial charge in [0.25, 0.3) is 0 Å². The molecule has 0 aliphatic rings. The number of esters is 1. The Morgan fingerprint density at radius 2 is 1.94 bits per heavy atom. The molecular weight excluding hydrogens is 296 g/mol. The number of benzene rings is 1. The summed E-state index contributed by atoms with van der Waals surface area (Å²) in [5.74, 6) is -2.43. The highest BCUT2D eigenvalue weighted by Gasteiger charge is 2.38. The molecule has 16 heavy (non-hydrogen) atoms. The van der Waals surface area contributed by atoms with Gasteiger partial charge in [0, 0.05) is 4.47 Å². The largest absolute Gasteiger partial charge is 0.465 e. The van der Waals surface area contributed by atoms with Crippen molar-refractivity contribution in [1.82, 2.24) is 0 Å². The molecule has 0 saturated heterocycles. The van der Waals surface area contributed by atoms with Crippen molar-refractivity contribution in [3.8, 4) is 0 Å². The molecule has 2 nitrogen and oxygen atoms in total. The molecule has 7 heteroatoms. The molecule has 0 amide bonds. The third kappa shape index (κ3) is 2.34. The Morgan fingerprint density at radius 1 is 1.38 bits per heavy atom. The topological polar surface area (TPSA) is 26.3 Å². The summed E-state index contributed by atoms with van der Waals surface area (Å²) < 4.78 is 53.9. The lowest BCUT2D eigenvalue weighted by Crippen LogP contribution is -2.13. The highest BCUT2D eigenvalue weighted by atomic mass is 79.9. The summed E-state index contributed by atoms with van der Waals surface area (Å²) in [7, 11) is 1.02. The zero-order valence-electron chi connectivity index (χ0n) is 7.86. The van der Waals surface area contributed by atoms with Crippen LogP contribution in [0.4, 0.5) is 17.6 Å². The van der Waals surface area contributed by atoms with Gasteiger partial charge in [0.2, 0.25) is 0 Å². The molecule has 0 radical (unpaired) electrons. The summed E-state index contributed by atoms with van der Waals surface area (Å²) >= 11 is 2.55. The van der Waals surface area contributed by atoms with Crippen molar-refractivity contribution in [1.29, 1.82) is 0 Å². The van der Waals surface area contributed by atoms with Crippen LogP contribution in [0, 0.1) is 5.82 Å². The molecule has 0 aliphatic carbocycles. The molecule has 0 aromatic heterocycles. The number of hydrogen-bond acceptors (Lipinski definition) is 2. The van der Waals surface area contributed by atoms with Gasteiger partial charge < -0.3 is 4.74 Å². The summed E-state index contributed by atoms with van der Waals surface area (Å²) in [4.78, 5) is 11.1. The predicted molar refractivity (Wildman–Crippen MR) is 50.4 cm³/mol. The molecule has 1 aromatic rings. The van der Waals surface area contributed by atoms with Gasteiger partial charge in [0.1, 0.15) is 11.4 Å². The lowest BCUT2D eigenvalue weighted by atomic mass is 10.1. The fourth-order valence-corrected chi connectivity index (χ4v) is 1.79. The Morgan fingerprint density at radius 3 is 2.38 bits per heavy atom. The first-order chi connectivity index (χ1) is 7.29. The van der Waals surface area contributed by atoms with Gasteiger partial charge in [-0.3, -0.25) is 0 Å². The van der Waals surface area contributed by atoms with Crippen LogP contribution in [0.15, 0.2) is 16.6 Å². The van der Waals surface area contributed by atoms with Crippen molar-refractivity contribution < 1.29 is 27.1 Å². The summed E-state index contributed by atoms with van der Waals surface area (Å²) in [6.07, 6.45) is -4.88. The van der Waals surface area contributed by atoms with Crippen LogP contribution in [-0.2, 0) is 10.9 Å². The Hall–Kier alpha value is -1.11. The summed E-state index contributed by atoms with van der Waals surface area (Å²) in [5, 5.41) is 0. The molecule has 0 N–H and O–H groups in total. The molecule has 1 rings (SSSR count). The standard InChI is InChI=1S/C9H5BrF4O2/c1-16-8(15)4-2-3-5(11)6(7(4)10)9(12,13)14/h2-3H,1H3. The highest BCUT2D eigenvalue weighted by molar-refractivity contribution is 9.10. The number of methoxy groups -OCH3 is 1. The second-order valence-electron chi connectivity index (χ2n) is 2.77. The molecular formula is C9H5BrF4O2. The first kappa shape index (κ1) is 13.0. The zero-order valence-corrected chi connectivity index (χ0v) is 9.45. The molecule has 0 bridgehead atoms. The molecule has 0 unspecified atom stereocenters. The average molecular weight is 301 g/mol. The first-order valence-electron chi connectivity index (χ1n) is 3.92. The van der Waals surface area contributed by atoms with Crippen LogP contribution in [-0.4, -0.2) is 13.1 Å². The van der Waals surface area contributed by atoms with Gasteiger partial charge in [-0.2, -0.15) is 13.2 Å². The van der Waals surface area contributed by atoms with Gasteiger partial charge in [-0.1, -0.05) is 0 Å². The molecule has 1 aromatic carbocycles. The number of ether oxygens (including phenoxy) is 1. The van der Waals surface area contributed by atoms with E-state index in [0.29, 0.717) is 6.07 Å². The van der Waals surface area contributed by atoms with E-state index < -0.39 is 28.0 Å². The maximum atomic E-state index is 13.0. The maximum Gasteiger partial charge on any atom is 0.420 e. The Balaban J connectivity index is 3.45. The van der Waals surface area contributed by atoms with Crippen molar-refractivity contribution in [2.24, 2.45) is 0 Å². The Bertz CT molecular complexity index is 428. The van der Waals surface area contributed by atoms with Gasteiger partial charge in [-0.15, -0.1) is 0 Å². The highest BCUT2D eigenvalue weighted by Crippen LogP contribution is 2.38.